The zero-order valence-electron chi connectivity index (χ0n) is 22.7. The van der Waals surface area contributed by atoms with E-state index in [1.165, 1.54) is 33.3 Å². The fourth-order valence-corrected chi connectivity index (χ4v) is 6.54. The van der Waals surface area contributed by atoms with Gasteiger partial charge in [-0.1, -0.05) is 44.2 Å². The van der Waals surface area contributed by atoms with Gasteiger partial charge in [0, 0.05) is 37.0 Å². The molecule has 3 atom stereocenters. The standard InChI is InChI=1S/C32H42NO2/c1-8-31(6)28-17-12-10-16-27(28)30-21-23(3)26-15-11-13-18-29(26)33(30)32(31,9-2)19-14-20-35-25(5)22-24(4)34-7/h10-13,15-18,21-22,25H,8-9,14,19-20H2,1-7H3/q+1. The molecule has 0 aliphatic carbocycles. The average Bonchev–Trinajstić information content (AvgIpc) is 2.88. The van der Waals surface area contributed by atoms with Gasteiger partial charge in [0.1, 0.15) is 0 Å². The van der Waals surface area contributed by atoms with Crippen LogP contribution in [0.4, 0.5) is 0 Å². The second-order valence-electron chi connectivity index (χ2n) is 10.3. The van der Waals surface area contributed by atoms with Gasteiger partial charge in [-0.3, -0.25) is 0 Å². The second-order valence-corrected chi connectivity index (χ2v) is 10.3. The van der Waals surface area contributed by atoms with E-state index in [4.69, 9.17) is 9.47 Å². The van der Waals surface area contributed by atoms with E-state index in [2.05, 4.69) is 93.8 Å². The number of pyridine rings is 1. The van der Waals surface area contributed by atoms with E-state index in [9.17, 15) is 0 Å². The summed E-state index contributed by atoms with van der Waals surface area (Å²) in [6.45, 7) is 14.3. The number of para-hydroxylation sites is 1. The Morgan fingerprint density at radius 2 is 1.77 bits per heavy atom. The number of hydrogen-bond donors (Lipinski definition) is 0. The van der Waals surface area contributed by atoms with E-state index in [0.717, 1.165) is 38.0 Å². The molecule has 0 saturated carbocycles. The molecule has 0 fully saturated rings. The lowest BCUT2D eigenvalue weighted by molar-refractivity contribution is -0.748. The number of ether oxygens (including phenoxy) is 2. The van der Waals surface area contributed by atoms with Crippen LogP contribution in [0, 0.1) is 6.92 Å². The van der Waals surface area contributed by atoms with Crippen LogP contribution < -0.4 is 4.57 Å². The predicted molar refractivity (Wildman–Crippen MR) is 146 cm³/mol. The Balaban J connectivity index is 1.84. The molecule has 2 aromatic carbocycles. The Kier molecular flexibility index (Phi) is 7.38. The third-order valence-electron chi connectivity index (χ3n) is 8.62. The molecule has 1 aliphatic heterocycles. The van der Waals surface area contributed by atoms with E-state index in [-0.39, 0.29) is 17.1 Å². The zero-order chi connectivity index (χ0) is 25.2. The van der Waals surface area contributed by atoms with Crippen LogP contribution in [0.15, 0.2) is 66.4 Å². The highest BCUT2D eigenvalue weighted by molar-refractivity contribution is 5.82. The fraction of sp³-hybridized carbons (Fsp3) is 0.469. The molecule has 3 aromatic rings. The quantitative estimate of drug-likeness (QED) is 0.181. The molecule has 3 nitrogen and oxygen atoms in total. The molecule has 0 saturated heterocycles. The van der Waals surface area contributed by atoms with Crippen LogP contribution in [0.5, 0.6) is 0 Å². The highest BCUT2D eigenvalue weighted by Gasteiger charge is 2.59. The first-order valence-electron chi connectivity index (χ1n) is 13.2. The Hall–Kier alpha value is -2.65. The van der Waals surface area contributed by atoms with Crippen molar-refractivity contribution in [2.24, 2.45) is 0 Å². The van der Waals surface area contributed by atoms with E-state index >= 15 is 0 Å². The van der Waals surface area contributed by atoms with Crippen molar-refractivity contribution < 1.29 is 14.0 Å². The third kappa shape index (κ3) is 4.18. The summed E-state index contributed by atoms with van der Waals surface area (Å²) in [7, 11) is 1.71. The van der Waals surface area contributed by atoms with E-state index < -0.39 is 0 Å². The molecule has 35 heavy (non-hydrogen) atoms. The molecule has 1 aliphatic rings. The number of aromatic nitrogens is 1. The number of allylic oxidation sites excluding steroid dienone is 1. The Labute approximate surface area is 211 Å². The Morgan fingerprint density at radius 1 is 1.06 bits per heavy atom. The van der Waals surface area contributed by atoms with Gasteiger partial charge in [-0.15, -0.1) is 0 Å². The molecule has 3 unspecified atom stereocenters. The summed E-state index contributed by atoms with van der Waals surface area (Å²) in [6, 6.07) is 20.4. The molecule has 0 radical (unpaired) electrons. The number of aryl methyl sites for hydroxylation is 1. The van der Waals surface area contributed by atoms with Crippen molar-refractivity contribution >= 4 is 10.9 Å². The zero-order valence-corrected chi connectivity index (χ0v) is 22.7. The Morgan fingerprint density at radius 3 is 2.49 bits per heavy atom. The van der Waals surface area contributed by atoms with Crippen molar-refractivity contribution in [3.8, 4) is 11.3 Å². The average molecular weight is 473 g/mol. The number of hydrogen-bond acceptors (Lipinski definition) is 2. The third-order valence-corrected chi connectivity index (χ3v) is 8.62. The molecule has 0 amide bonds. The van der Waals surface area contributed by atoms with Crippen molar-refractivity contribution in [2.45, 2.75) is 84.3 Å². The maximum Gasteiger partial charge on any atom is 0.214 e. The smallest absolute Gasteiger partial charge is 0.214 e. The number of rotatable bonds is 9. The number of nitrogens with zero attached hydrogens (tertiary/aromatic N) is 1. The molecule has 0 bridgehead atoms. The molecule has 1 aromatic heterocycles. The van der Waals surface area contributed by atoms with Crippen LogP contribution in [0.3, 0.4) is 0 Å². The first-order valence-corrected chi connectivity index (χ1v) is 13.2. The fourth-order valence-electron chi connectivity index (χ4n) is 6.54. The van der Waals surface area contributed by atoms with Gasteiger partial charge in [0.05, 0.1) is 30.0 Å². The summed E-state index contributed by atoms with van der Waals surface area (Å²) >= 11 is 0. The van der Waals surface area contributed by atoms with Crippen LogP contribution in [-0.2, 0) is 20.4 Å². The lowest BCUT2D eigenvalue weighted by Gasteiger charge is -2.48. The predicted octanol–water partition coefficient (Wildman–Crippen LogP) is 7.62. The summed E-state index contributed by atoms with van der Waals surface area (Å²) in [6.07, 6.45) is 6.30. The maximum absolute atomic E-state index is 6.20. The monoisotopic (exact) mass is 472 g/mol. The molecule has 4 rings (SSSR count). The van der Waals surface area contributed by atoms with E-state index in [1.54, 1.807) is 7.11 Å². The molecule has 2 heterocycles. The minimum Gasteiger partial charge on any atom is -0.502 e. The van der Waals surface area contributed by atoms with E-state index in [0.29, 0.717) is 0 Å². The lowest BCUT2D eigenvalue weighted by atomic mass is 9.58. The lowest BCUT2D eigenvalue weighted by Crippen LogP contribution is -2.69. The first kappa shape index (κ1) is 25.4. The SMILES string of the molecule is CCC1(C)c2ccccc2-c2cc(C)c3ccccc3[n+]2C1(CC)CCCOC(C)C=C(C)OC. The van der Waals surface area contributed by atoms with E-state index in [1.807, 2.05) is 13.0 Å². The van der Waals surface area contributed by atoms with Gasteiger partial charge in [-0.2, -0.15) is 4.57 Å². The molecule has 0 N–H and O–H groups in total. The van der Waals surface area contributed by atoms with Gasteiger partial charge in [0.25, 0.3) is 0 Å². The van der Waals surface area contributed by atoms with Crippen molar-refractivity contribution in [3.63, 3.8) is 0 Å². The minimum absolute atomic E-state index is 0.00615. The van der Waals surface area contributed by atoms with Gasteiger partial charge in [-0.05, 0) is 69.9 Å². The minimum atomic E-state index is -0.0520. The maximum atomic E-state index is 6.20. The summed E-state index contributed by atoms with van der Waals surface area (Å²) in [5.74, 6) is 0.899. The number of methoxy groups -OCH3 is 1. The van der Waals surface area contributed by atoms with Gasteiger partial charge in [0.15, 0.2) is 5.54 Å². The summed E-state index contributed by atoms with van der Waals surface area (Å²) in [5.41, 5.74) is 6.83. The van der Waals surface area contributed by atoms with Gasteiger partial charge >= 0.3 is 0 Å². The summed E-state index contributed by atoms with van der Waals surface area (Å²) in [4.78, 5) is 0. The highest BCUT2D eigenvalue weighted by Crippen LogP contribution is 2.52. The molecule has 0 spiro atoms. The number of benzene rings is 2. The van der Waals surface area contributed by atoms with Crippen molar-refractivity contribution in [2.75, 3.05) is 13.7 Å². The van der Waals surface area contributed by atoms with Crippen molar-refractivity contribution in [1.82, 2.24) is 0 Å². The van der Waals surface area contributed by atoms with Crippen LogP contribution in [-0.4, -0.2) is 19.8 Å². The van der Waals surface area contributed by atoms with Crippen molar-refractivity contribution in [1.29, 1.82) is 0 Å². The second kappa shape index (κ2) is 10.1. The van der Waals surface area contributed by atoms with Crippen LogP contribution in [0.1, 0.15) is 71.4 Å². The summed E-state index contributed by atoms with van der Waals surface area (Å²) < 4.78 is 14.2. The van der Waals surface area contributed by atoms with Crippen LogP contribution in [0.2, 0.25) is 0 Å². The largest absolute Gasteiger partial charge is 0.502 e. The van der Waals surface area contributed by atoms with Crippen LogP contribution in [0.25, 0.3) is 22.2 Å². The number of fused-ring (bicyclic) bond motifs is 5. The normalized spacial score (nSPS) is 22.5. The Bertz CT molecular complexity index is 1230. The van der Waals surface area contributed by atoms with Gasteiger partial charge in [-0.25, -0.2) is 0 Å². The highest BCUT2D eigenvalue weighted by atomic mass is 16.5. The molecule has 186 valence electrons. The molecular formula is C32H42NO2+. The molecule has 3 heteroatoms. The van der Waals surface area contributed by atoms with Gasteiger partial charge < -0.3 is 9.47 Å². The van der Waals surface area contributed by atoms with Crippen molar-refractivity contribution in [3.05, 3.63) is 77.6 Å². The molecular weight excluding hydrogens is 430 g/mol. The van der Waals surface area contributed by atoms with Crippen LogP contribution >= 0.6 is 0 Å². The topological polar surface area (TPSA) is 22.3 Å². The summed E-state index contributed by atoms with van der Waals surface area (Å²) in [5, 5.41) is 1.34. The van der Waals surface area contributed by atoms with Gasteiger partial charge in [0.2, 0.25) is 11.2 Å². The first-order chi connectivity index (χ1) is 16.8.